The van der Waals surface area contributed by atoms with Gasteiger partial charge in [-0.2, -0.15) is 5.10 Å². The highest BCUT2D eigenvalue weighted by Gasteiger charge is 2.16. The molecule has 1 N–H and O–H groups in total. The highest BCUT2D eigenvalue weighted by molar-refractivity contribution is 5.88. The average Bonchev–Trinajstić information content (AvgIpc) is 2.77. The molecule has 8 nitrogen and oxygen atoms in total. The first-order valence-electron chi connectivity index (χ1n) is 6.02. The Hall–Kier alpha value is -2.90. The maximum Gasteiger partial charge on any atom is 0.339 e. The summed E-state index contributed by atoms with van der Waals surface area (Å²) in [5.74, 6) is -0.655. The van der Waals surface area contributed by atoms with E-state index in [1.807, 2.05) is 0 Å². The number of nitrogens with zero attached hydrogens (tertiary/aromatic N) is 3. The van der Waals surface area contributed by atoms with Crippen molar-refractivity contribution in [1.29, 1.82) is 0 Å². The molecule has 0 bridgehead atoms. The zero-order valence-electron chi connectivity index (χ0n) is 11.4. The number of carbonyl (C=O) groups is 1. The third-order valence-corrected chi connectivity index (χ3v) is 3.03. The number of aryl methyl sites for hydroxylation is 2. The maximum absolute atomic E-state index is 11.0. The number of aromatic carboxylic acids is 1. The van der Waals surface area contributed by atoms with Gasteiger partial charge in [0, 0.05) is 18.7 Å². The Morgan fingerprint density at radius 2 is 2.24 bits per heavy atom. The molecule has 2 aromatic rings. The molecule has 21 heavy (non-hydrogen) atoms. The molecule has 0 amide bonds. The van der Waals surface area contributed by atoms with E-state index in [4.69, 9.17) is 9.84 Å². The van der Waals surface area contributed by atoms with Crippen molar-refractivity contribution >= 4 is 11.7 Å². The predicted molar refractivity (Wildman–Crippen MR) is 72.3 cm³/mol. The molecule has 0 saturated carbocycles. The van der Waals surface area contributed by atoms with E-state index in [1.54, 1.807) is 14.0 Å². The quantitative estimate of drug-likeness (QED) is 0.666. The zero-order chi connectivity index (χ0) is 15.6. The average molecular weight is 291 g/mol. The second-order valence-corrected chi connectivity index (χ2v) is 4.43. The number of hydrogen-bond donors (Lipinski definition) is 1. The molecule has 0 radical (unpaired) electrons. The molecule has 0 unspecified atom stereocenters. The van der Waals surface area contributed by atoms with Crippen molar-refractivity contribution in [3.63, 3.8) is 0 Å². The van der Waals surface area contributed by atoms with E-state index in [0.29, 0.717) is 17.0 Å². The van der Waals surface area contributed by atoms with E-state index >= 15 is 0 Å². The van der Waals surface area contributed by atoms with Crippen LogP contribution >= 0.6 is 0 Å². The van der Waals surface area contributed by atoms with Crippen molar-refractivity contribution in [3.8, 4) is 5.75 Å². The van der Waals surface area contributed by atoms with Gasteiger partial charge in [0.15, 0.2) is 0 Å². The standard InChI is InChI=1S/C13H13N3O5/c1-8-5-9(3-4-11(8)16(19)20)21-7-12-10(13(17)18)6-14-15(12)2/h3-6H,7H2,1-2H3,(H,17,18). The lowest BCUT2D eigenvalue weighted by Gasteiger charge is -2.08. The Kier molecular flexibility index (Phi) is 3.88. The van der Waals surface area contributed by atoms with Gasteiger partial charge in [-0.15, -0.1) is 0 Å². The third-order valence-electron chi connectivity index (χ3n) is 3.03. The highest BCUT2D eigenvalue weighted by atomic mass is 16.6. The van der Waals surface area contributed by atoms with Crippen molar-refractivity contribution in [2.24, 2.45) is 7.05 Å². The van der Waals surface area contributed by atoms with Crippen molar-refractivity contribution in [2.75, 3.05) is 0 Å². The molecule has 0 saturated heterocycles. The number of ether oxygens (including phenoxy) is 1. The van der Waals surface area contributed by atoms with E-state index < -0.39 is 10.9 Å². The van der Waals surface area contributed by atoms with Gasteiger partial charge in [0.25, 0.3) is 5.69 Å². The van der Waals surface area contributed by atoms with Gasteiger partial charge in [0.05, 0.1) is 16.8 Å². The Morgan fingerprint density at radius 3 is 2.81 bits per heavy atom. The Balaban J connectivity index is 2.17. The molecule has 110 valence electrons. The van der Waals surface area contributed by atoms with E-state index in [0.717, 1.165) is 0 Å². The van der Waals surface area contributed by atoms with Crippen LogP contribution in [0, 0.1) is 17.0 Å². The van der Waals surface area contributed by atoms with Crippen LogP contribution in [0.5, 0.6) is 5.75 Å². The molecule has 1 aromatic carbocycles. The van der Waals surface area contributed by atoms with Gasteiger partial charge >= 0.3 is 5.97 Å². The van der Waals surface area contributed by atoms with Gasteiger partial charge in [-0.25, -0.2) is 4.79 Å². The first-order valence-corrected chi connectivity index (χ1v) is 6.02. The van der Waals surface area contributed by atoms with E-state index in [2.05, 4.69) is 5.10 Å². The summed E-state index contributed by atoms with van der Waals surface area (Å²) in [6, 6.07) is 4.36. The predicted octanol–water partition coefficient (Wildman–Crippen LogP) is 1.91. The first-order chi connectivity index (χ1) is 9.90. The lowest BCUT2D eigenvalue weighted by atomic mass is 10.2. The van der Waals surface area contributed by atoms with Crippen LogP contribution < -0.4 is 4.74 Å². The largest absolute Gasteiger partial charge is 0.487 e. The molecular formula is C13H13N3O5. The summed E-state index contributed by atoms with van der Waals surface area (Å²) in [5.41, 5.74) is 0.963. The third kappa shape index (κ3) is 2.99. The molecule has 1 aromatic heterocycles. The fourth-order valence-electron chi connectivity index (χ4n) is 1.89. The van der Waals surface area contributed by atoms with Gasteiger partial charge in [-0.3, -0.25) is 14.8 Å². The summed E-state index contributed by atoms with van der Waals surface area (Å²) in [7, 11) is 1.62. The van der Waals surface area contributed by atoms with Crippen molar-refractivity contribution in [3.05, 3.63) is 51.3 Å². The Morgan fingerprint density at radius 1 is 1.52 bits per heavy atom. The van der Waals surface area contributed by atoms with Gasteiger partial charge in [0.1, 0.15) is 17.9 Å². The maximum atomic E-state index is 11.0. The number of rotatable bonds is 5. The summed E-state index contributed by atoms with van der Waals surface area (Å²) in [6.45, 7) is 1.62. The number of carboxylic acid groups (broad SMARTS) is 1. The molecule has 1 heterocycles. The van der Waals surface area contributed by atoms with Crippen LogP contribution in [0.3, 0.4) is 0 Å². The van der Waals surface area contributed by atoms with Gasteiger partial charge in [-0.1, -0.05) is 0 Å². The van der Waals surface area contributed by atoms with Gasteiger partial charge < -0.3 is 9.84 Å². The summed E-state index contributed by atoms with van der Waals surface area (Å²) < 4.78 is 6.91. The van der Waals surface area contributed by atoms with Crippen LogP contribution in [0.15, 0.2) is 24.4 Å². The fraction of sp³-hybridized carbons (Fsp3) is 0.231. The van der Waals surface area contributed by atoms with E-state index in [1.165, 1.54) is 29.1 Å². The van der Waals surface area contributed by atoms with E-state index in [-0.39, 0.29) is 17.9 Å². The van der Waals surface area contributed by atoms with Crippen molar-refractivity contribution in [2.45, 2.75) is 13.5 Å². The topological polar surface area (TPSA) is 107 Å². The van der Waals surface area contributed by atoms with Gasteiger partial charge in [-0.05, 0) is 19.1 Å². The number of nitro groups is 1. The molecular weight excluding hydrogens is 278 g/mol. The minimum absolute atomic E-state index is 0.00843. The number of nitro benzene ring substituents is 1. The minimum atomic E-state index is -1.08. The number of benzene rings is 1. The minimum Gasteiger partial charge on any atom is -0.487 e. The lowest BCUT2D eigenvalue weighted by molar-refractivity contribution is -0.385. The zero-order valence-corrected chi connectivity index (χ0v) is 11.4. The number of aromatic nitrogens is 2. The monoisotopic (exact) mass is 291 g/mol. The smallest absolute Gasteiger partial charge is 0.339 e. The highest BCUT2D eigenvalue weighted by Crippen LogP contribution is 2.24. The van der Waals surface area contributed by atoms with Crippen LogP contribution in [0.2, 0.25) is 0 Å². The second kappa shape index (κ2) is 5.61. The van der Waals surface area contributed by atoms with Crippen LogP contribution in [0.25, 0.3) is 0 Å². The molecule has 0 spiro atoms. The first kappa shape index (κ1) is 14.5. The number of hydrogen-bond acceptors (Lipinski definition) is 5. The SMILES string of the molecule is Cc1cc(OCc2c(C(=O)O)cnn2C)ccc1[N+](=O)[O-]. The van der Waals surface area contributed by atoms with Crippen molar-refractivity contribution in [1.82, 2.24) is 9.78 Å². The van der Waals surface area contributed by atoms with Crippen LogP contribution in [0.1, 0.15) is 21.6 Å². The molecule has 0 aliphatic rings. The normalized spacial score (nSPS) is 10.4. The van der Waals surface area contributed by atoms with Crippen LogP contribution in [0.4, 0.5) is 5.69 Å². The molecule has 0 aliphatic heterocycles. The lowest BCUT2D eigenvalue weighted by Crippen LogP contribution is -2.08. The van der Waals surface area contributed by atoms with Crippen LogP contribution in [-0.4, -0.2) is 25.8 Å². The van der Waals surface area contributed by atoms with E-state index in [9.17, 15) is 14.9 Å². The summed E-state index contributed by atoms with van der Waals surface area (Å²) in [6.07, 6.45) is 1.25. The molecule has 0 atom stereocenters. The molecule has 2 rings (SSSR count). The molecule has 8 heteroatoms. The summed E-state index contributed by atoms with van der Waals surface area (Å²) in [4.78, 5) is 21.3. The summed E-state index contributed by atoms with van der Waals surface area (Å²) in [5, 5.41) is 23.6. The molecule has 0 aliphatic carbocycles. The Labute approximate surface area is 119 Å². The van der Waals surface area contributed by atoms with Crippen molar-refractivity contribution < 1.29 is 19.6 Å². The van der Waals surface area contributed by atoms with Gasteiger partial charge in [0.2, 0.25) is 0 Å². The second-order valence-electron chi connectivity index (χ2n) is 4.43. The number of carboxylic acids is 1. The fourth-order valence-corrected chi connectivity index (χ4v) is 1.89. The Bertz CT molecular complexity index is 708. The molecule has 0 fully saturated rings. The summed E-state index contributed by atoms with van der Waals surface area (Å²) >= 11 is 0. The van der Waals surface area contributed by atoms with Crippen LogP contribution in [-0.2, 0) is 13.7 Å².